The van der Waals surface area contributed by atoms with Crippen molar-refractivity contribution in [1.29, 1.82) is 0 Å². The number of carbonyl (C=O) groups is 3. The van der Waals surface area contributed by atoms with Gasteiger partial charge in [0.15, 0.2) is 0 Å². The second kappa shape index (κ2) is 10.6. The van der Waals surface area contributed by atoms with Crippen LogP contribution in [0.3, 0.4) is 0 Å². The Morgan fingerprint density at radius 1 is 1.10 bits per heavy atom. The number of para-hydroxylation sites is 1. The van der Waals surface area contributed by atoms with Crippen molar-refractivity contribution in [1.82, 2.24) is 10.9 Å². The molecule has 1 heterocycles. The summed E-state index contributed by atoms with van der Waals surface area (Å²) < 4.78 is 5.51. The lowest BCUT2D eigenvalue weighted by molar-refractivity contribution is -0.128. The first-order valence-corrected chi connectivity index (χ1v) is 10.9. The third-order valence-electron chi connectivity index (χ3n) is 4.15. The third-order valence-corrected chi connectivity index (χ3v) is 5.73. The first-order valence-electron chi connectivity index (χ1n) is 9.12. The van der Waals surface area contributed by atoms with E-state index in [-0.39, 0.29) is 37.1 Å². The number of ether oxygens (including phenoxy) is 1. The van der Waals surface area contributed by atoms with Gasteiger partial charge in [-0.2, -0.15) is 0 Å². The van der Waals surface area contributed by atoms with Crippen LogP contribution in [0.15, 0.2) is 47.4 Å². The highest BCUT2D eigenvalue weighted by Crippen LogP contribution is 2.34. The van der Waals surface area contributed by atoms with E-state index in [1.165, 1.54) is 16.7 Å². The molecule has 2 aromatic rings. The van der Waals surface area contributed by atoms with E-state index in [0.717, 1.165) is 4.90 Å². The van der Waals surface area contributed by atoms with Crippen LogP contribution in [0, 0.1) is 0 Å². The number of benzene rings is 2. The van der Waals surface area contributed by atoms with Gasteiger partial charge in [-0.25, -0.2) is 0 Å². The average molecular weight is 468 g/mol. The highest BCUT2D eigenvalue weighted by molar-refractivity contribution is 8.00. The molecule has 0 saturated carbocycles. The van der Waals surface area contributed by atoms with E-state index in [0.29, 0.717) is 27.9 Å². The minimum atomic E-state index is -0.484. The molecule has 0 atom stereocenters. The third kappa shape index (κ3) is 6.04. The first kappa shape index (κ1) is 22.3. The van der Waals surface area contributed by atoms with E-state index in [2.05, 4.69) is 10.9 Å². The summed E-state index contributed by atoms with van der Waals surface area (Å²) in [6.45, 7) is 0.105. The molecule has 0 saturated heterocycles. The van der Waals surface area contributed by atoms with Crippen LogP contribution in [0.1, 0.15) is 12.8 Å². The van der Waals surface area contributed by atoms with Crippen molar-refractivity contribution >= 4 is 58.4 Å². The van der Waals surface area contributed by atoms with Gasteiger partial charge in [0.25, 0.3) is 5.91 Å². The van der Waals surface area contributed by atoms with Crippen LogP contribution >= 0.6 is 35.0 Å². The zero-order valence-corrected chi connectivity index (χ0v) is 18.1. The molecule has 0 spiro atoms. The van der Waals surface area contributed by atoms with Gasteiger partial charge in [0, 0.05) is 16.3 Å². The SMILES string of the molecule is O=C(CCCOc1ccc(Cl)cc1Cl)NNC(=O)CN1C(=O)CSc2ccccc21. The van der Waals surface area contributed by atoms with Crippen molar-refractivity contribution in [2.45, 2.75) is 17.7 Å². The minimum absolute atomic E-state index is 0.146. The molecule has 0 bridgehead atoms. The molecular formula is C20H19Cl2N3O4S. The number of halogens is 2. The Morgan fingerprint density at radius 3 is 2.67 bits per heavy atom. The molecule has 10 heteroatoms. The Morgan fingerprint density at radius 2 is 1.87 bits per heavy atom. The van der Waals surface area contributed by atoms with E-state index < -0.39 is 5.91 Å². The van der Waals surface area contributed by atoms with Crippen LogP contribution in [0.4, 0.5) is 5.69 Å². The van der Waals surface area contributed by atoms with Crippen molar-refractivity contribution in [3.05, 3.63) is 52.5 Å². The molecular weight excluding hydrogens is 449 g/mol. The Hall–Kier alpha value is -2.42. The number of hydrogen-bond donors (Lipinski definition) is 2. The topological polar surface area (TPSA) is 87.7 Å². The molecule has 3 rings (SSSR count). The maximum atomic E-state index is 12.2. The number of nitrogens with zero attached hydrogens (tertiary/aromatic N) is 1. The average Bonchev–Trinajstić information content (AvgIpc) is 2.73. The monoisotopic (exact) mass is 467 g/mol. The smallest absolute Gasteiger partial charge is 0.258 e. The number of nitrogens with one attached hydrogen (secondary N) is 2. The summed E-state index contributed by atoms with van der Waals surface area (Å²) in [5, 5.41) is 0.905. The number of thioether (sulfide) groups is 1. The van der Waals surface area contributed by atoms with Crippen LogP contribution in [-0.4, -0.2) is 36.6 Å². The van der Waals surface area contributed by atoms with Gasteiger partial charge in [-0.1, -0.05) is 35.3 Å². The summed E-state index contributed by atoms with van der Waals surface area (Å²) in [7, 11) is 0. The predicted octanol–water partition coefficient (Wildman–Crippen LogP) is 3.44. The largest absolute Gasteiger partial charge is 0.492 e. The molecule has 0 radical (unpaired) electrons. The fourth-order valence-electron chi connectivity index (χ4n) is 2.72. The molecule has 3 amide bonds. The summed E-state index contributed by atoms with van der Waals surface area (Å²) in [5.74, 6) is -0.246. The van der Waals surface area contributed by atoms with Crippen molar-refractivity contribution in [2.75, 3.05) is 23.8 Å². The molecule has 0 aromatic heterocycles. The number of amides is 3. The molecule has 1 aliphatic heterocycles. The summed E-state index contributed by atoms with van der Waals surface area (Å²) in [6.07, 6.45) is 0.573. The maximum Gasteiger partial charge on any atom is 0.258 e. The number of carbonyl (C=O) groups excluding carboxylic acids is 3. The highest BCUT2D eigenvalue weighted by atomic mass is 35.5. The second-order valence-corrected chi connectivity index (χ2v) is 8.22. The molecule has 158 valence electrons. The summed E-state index contributed by atoms with van der Waals surface area (Å²) >= 11 is 13.3. The molecule has 1 aliphatic rings. The molecule has 2 N–H and O–H groups in total. The normalized spacial score (nSPS) is 12.9. The molecule has 0 fully saturated rings. The van der Waals surface area contributed by atoms with Crippen molar-refractivity contribution in [3.63, 3.8) is 0 Å². The maximum absolute atomic E-state index is 12.2. The van der Waals surface area contributed by atoms with Crippen LogP contribution in [0.25, 0.3) is 0 Å². The van der Waals surface area contributed by atoms with Gasteiger partial charge < -0.3 is 9.64 Å². The van der Waals surface area contributed by atoms with Gasteiger partial charge in [0.1, 0.15) is 12.3 Å². The molecule has 0 unspecified atom stereocenters. The summed E-state index contributed by atoms with van der Waals surface area (Å²) in [5.41, 5.74) is 5.38. The van der Waals surface area contributed by atoms with Gasteiger partial charge in [-0.15, -0.1) is 11.8 Å². The van der Waals surface area contributed by atoms with Crippen molar-refractivity contribution in [2.24, 2.45) is 0 Å². The summed E-state index contributed by atoms with van der Waals surface area (Å²) in [6, 6.07) is 12.3. The fourth-order valence-corrected chi connectivity index (χ4v) is 4.12. The zero-order chi connectivity index (χ0) is 21.5. The fraction of sp³-hybridized carbons (Fsp3) is 0.250. The minimum Gasteiger partial charge on any atom is -0.492 e. The molecule has 7 nitrogen and oxygen atoms in total. The predicted molar refractivity (Wildman–Crippen MR) is 117 cm³/mol. The van der Waals surface area contributed by atoms with E-state index in [4.69, 9.17) is 27.9 Å². The number of rotatable bonds is 7. The Labute approximate surface area is 188 Å². The van der Waals surface area contributed by atoms with Crippen molar-refractivity contribution in [3.8, 4) is 5.75 Å². The summed E-state index contributed by atoms with van der Waals surface area (Å²) in [4.78, 5) is 38.6. The van der Waals surface area contributed by atoms with Gasteiger partial charge in [-0.05, 0) is 36.8 Å². The highest BCUT2D eigenvalue weighted by Gasteiger charge is 2.26. The van der Waals surface area contributed by atoms with Crippen LogP contribution in [-0.2, 0) is 14.4 Å². The molecule has 2 aromatic carbocycles. The number of hydrazine groups is 1. The molecule has 30 heavy (non-hydrogen) atoms. The first-order chi connectivity index (χ1) is 14.4. The number of anilines is 1. The van der Waals surface area contributed by atoms with Gasteiger partial charge >= 0.3 is 0 Å². The van der Waals surface area contributed by atoms with Crippen molar-refractivity contribution < 1.29 is 19.1 Å². The Kier molecular flexibility index (Phi) is 7.84. The Bertz CT molecular complexity index is 957. The van der Waals surface area contributed by atoms with E-state index in [9.17, 15) is 14.4 Å². The lowest BCUT2D eigenvalue weighted by Crippen LogP contribution is -2.48. The second-order valence-electron chi connectivity index (χ2n) is 6.36. The van der Waals surface area contributed by atoms with Gasteiger partial charge in [0.2, 0.25) is 11.8 Å². The van der Waals surface area contributed by atoms with Crippen LogP contribution in [0.2, 0.25) is 10.0 Å². The van der Waals surface area contributed by atoms with Gasteiger partial charge in [0.05, 0.1) is 23.1 Å². The van der Waals surface area contributed by atoms with Crippen LogP contribution < -0.4 is 20.5 Å². The Balaban J connectivity index is 1.38. The van der Waals surface area contributed by atoms with E-state index >= 15 is 0 Å². The number of fused-ring (bicyclic) bond motifs is 1. The van der Waals surface area contributed by atoms with Gasteiger partial charge in [-0.3, -0.25) is 25.2 Å². The lowest BCUT2D eigenvalue weighted by atomic mass is 10.2. The molecule has 0 aliphatic carbocycles. The zero-order valence-electron chi connectivity index (χ0n) is 15.8. The van der Waals surface area contributed by atoms with E-state index in [1.807, 2.05) is 18.2 Å². The van der Waals surface area contributed by atoms with E-state index in [1.54, 1.807) is 24.3 Å². The quantitative estimate of drug-likeness (QED) is 0.480. The lowest BCUT2D eigenvalue weighted by Gasteiger charge is -2.28. The van der Waals surface area contributed by atoms with Crippen LogP contribution in [0.5, 0.6) is 5.75 Å². The standard InChI is InChI=1S/C20H19Cl2N3O4S/c21-13-7-8-16(14(22)10-13)29-9-3-6-18(26)23-24-19(27)11-25-15-4-1-2-5-17(15)30-12-20(25)28/h1-2,4-5,7-8,10H,3,6,9,11-12H2,(H,23,26)(H,24,27). The number of hydrogen-bond acceptors (Lipinski definition) is 5.